The highest BCUT2D eigenvalue weighted by atomic mass is 127. The first kappa shape index (κ1) is 11.7. The second-order valence-electron chi connectivity index (χ2n) is 3.30. The van der Waals surface area contributed by atoms with Crippen molar-refractivity contribution in [3.63, 3.8) is 0 Å². The number of benzene rings is 1. The van der Waals surface area contributed by atoms with Gasteiger partial charge in [0.2, 0.25) is 0 Å². The van der Waals surface area contributed by atoms with E-state index in [0.29, 0.717) is 0 Å². The summed E-state index contributed by atoms with van der Waals surface area (Å²) in [7, 11) is 0. The number of halogens is 2. The summed E-state index contributed by atoms with van der Waals surface area (Å²) in [6, 6.07) is 11.7. The number of pyridine rings is 1. The molecule has 16 heavy (non-hydrogen) atoms. The predicted octanol–water partition coefficient (Wildman–Crippen LogP) is 3.95. The normalized spacial score (nSPS) is 10.1. The molecule has 1 aromatic heterocycles. The highest BCUT2D eigenvalue weighted by molar-refractivity contribution is 14.1. The highest BCUT2D eigenvalue weighted by Crippen LogP contribution is 2.22. The van der Waals surface area contributed by atoms with Crippen molar-refractivity contribution in [1.29, 1.82) is 0 Å². The molecular formula is C12H10ClIN2. The molecule has 4 heteroatoms. The molecule has 0 aliphatic rings. The van der Waals surface area contributed by atoms with Crippen molar-refractivity contribution in [3.05, 3.63) is 56.9 Å². The van der Waals surface area contributed by atoms with E-state index in [9.17, 15) is 0 Å². The molecule has 0 spiro atoms. The Morgan fingerprint density at radius 2 is 2.12 bits per heavy atom. The van der Waals surface area contributed by atoms with E-state index < -0.39 is 0 Å². The van der Waals surface area contributed by atoms with Gasteiger partial charge < -0.3 is 5.32 Å². The molecule has 0 atom stereocenters. The van der Waals surface area contributed by atoms with Crippen LogP contribution >= 0.6 is 34.2 Å². The summed E-state index contributed by atoms with van der Waals surface area (Å²) < 4.78 is 1.11. The first-order chi connectivity index (χ1) is 7.75. The van der Waals surface area contributed by atoms with Gasteiger partial charge in [0.05, 0.1) is 12.2 Å². The second kappa shape index (κ2) is 5.50. The fourth-order valence-corrected chi connectivity index (χ4v) is 2.38. The maximum Gasteiger partial charge on any atom is 0.0594 e. The summed E-state index contributed by atoms with van der Waals surface area (Å²) in [6.07, 6.45) is 1.80. The predicted molar refractivity (Wildman–Crippen MR) is 75.7 cm³/mol. The molecule has 2 aromatic rings. The van der Waals surface area contributed by atoms with Crippen LogP contribution in [-0.4, -0.2) is 4.98 Å². The molecule has 1 N–H and O–H groups in total. The average Bonchev–Trinajstić information content (AvgIpc) is 2.29. The van der Waals surface area contributed by atoms with Crippen LogP contribution in [0, 0.1) is 3.57 Å². The van der Waals surface area contributed by atoms with Crippen LogP contribution in [0.2, 0.25) is 5.02 Å². The van der Waals surface area contributed by atoms with Crippen molar-refractivity contribution in [3.8, 4) is 0 Å². The van der Waals surface area contributed by atoms with Crippen molar-refractivity contribution in [2.45, 2.75) is 6.54 Å². The van der Waals surface area contributed by atoms with Gasteiger partial charge in [0.25, 0.3) is 0 Å². The molecule has 2 rings (SSSR count). The van der Waals surface area contributed by atoms with Crippen LogP contribution in [0.3, 0.4) is 0 Å². The zero-order valence-electron chi connectivity index (χ0n) is 8.45. The summed E-state index contributed by atoms with van der Waals surface area (Å²) in [6.45, 7) is 0.721. The lowest BCUT2D eigenvalue weighted by Crippen LogP contribution is -2.02. The minimum Gasteiger partial charge on any atom is -0.379 e. The van der Waals surface area contributed by atoms with E-state index in [0.717, 1.165) is 26.5 Å². The molecular weight excluding hydrogens is 335 g/mol. The summed E-state index contributed by atoms with van der Waals surface area (Å²) >= 11 is 8.15. The van der Waals surface area contributed by atoms with Gasteiger partial charge in [-0.25, -0.2) is 0 Å². The summed E-state index contributed by atoms with van der Waals surface area (Å²) in [5.74, 6) is 0. The molecule has 0 aliphatic heterocycles. The van der Waals surface area contributed by atoms with E-state index in [1.54, 1.807) is 6.20 Å². The van der Waals surface area contributed by atoms with E-state index >= 15 is 0 Å². The standard InChI is InChI=1S/C12H10ClIN2/c13-9-4-5-12(11(14)7-9)16-8-10-3-1-2-6-15-10/h1-7,16H,8H2. The van der Waals surface area contributed by atoms with Gasteiger partial charge in [0.15, 0.2) is 0 Å². The quantitative estimate of drug-likeness (QED) is 0.853. The van der Waals surface area contributed by atoms with Gasteiger partial charge in [-0.15, -0.1) is 0 Å². The fraction of sp³-hybridized carbons (Fsp3) is 0.0833. The molecule has 0 aliphatic carbocycles. The van der Waals surface area contributed by atoms with Gasteiger partial charge in [-0.3, -0.25) is 4.98 Å². The van der Waals surface area contributed by atoms with Gasteiger partial charge >= 0.3 is 0 Å². The zero-order valence-corrected chi connectivity index (χ0v) is 11.4. The van der Waals surface area contributed by atoms with Crippen LogP contribution in [0.25, 0.3) is 0 Å². The van der Waals surface area contributed by atoms with Gasteiger partial charge in [-0.05, 0) is 52.9 Å². The SMILES string of the molecule is Clc1ccc(NCc2ccccn2)c(I)c1. The number of nitrogens with zero attached hydrogens (tertiary/aromatic N) is 1. The Balaban J connectivity index is 2.05. The van der Waals surface area contributed by atoms with Crippen LogP contribution in [0.15, 0.2) is 42.6 Å². The molecule has 0 saturated carbocycles. The van der Waals surface area contributed by atoms with Crippen molar-refractivity contribution in [2.75, 3.05) is 5.32 Å². The van der Waals surface area contributed by atoms with Crippen molar-refractivity contribution < 1.29 is 0 Å². The number of hydrogen-bond donors (Lipinski definition) is 1. The Morgan fingerprint density at radius 1 is 1.25 bits per heavy atom. The third-order valence-electron chi connectivity index (χ3n) is 2.12. The largest absolute Gasteiger partial charge is 0.379 e. The molecule has 0 fully saturated rings. The molecule has 82 valence electrons. The number of rotatable bonds is 3. The van der Waals surface area contributed by atoms with Crippen LogP contribution in [-0.2, 0) is 6.54 Å². The Bertz CT molecular complexity index is 474. The van der Waals surface area contributed by atoms with E-state index in [-0.39, 0.29) is 0 Å². The third kappa shape index (κ3) is 3.09. The number of anilines is 1. The van der Waals surface area contributed by atoms with E-state index in [2.05, 4.69) is 32.9 Å². The lowest BCUT2D eigenvalue weighted by atomic mass is 10.3. The highest BCUT2D eigenvalue weighted by Gasteiger charge is 2.00. The van der Waals surface area contributed by atoms with Crippen molar-refractivity contribution in [1.82, 2.24) is 4.98 Å². The first-order valence-electron chi connectivity index (χ1n) is 4.84. The summed E-state index contributed by atoms with van der Waals surface area (Å²) in [5, 5.41) is 4.09. The molecule has 0 radical (unpaired) electrons. The Morgan fingerprint density at radius 3 is 2.81 bits per heavy atom. The monoisotopic (exact) mass is 344 g/mol. The Kier molecular flexibility index (Phi) is 4.01. The topological polar surface area (TPSA) is 24.9 Å². The number of aromatic nitrogens is 1. The lowest BCUT2D eigenvalue weighted by Gasteiger charge is -2.08. The van der Waals surface area contributed by atoms with Crippen molar-refractivity contribution in [2.24, 2.45) is 0 Å². The van der Waals surface area contributed by atoms with Crippen LogP contribution in [0.5, 0.6) is 0 Å². The maximum atomic E-state index is 5.89. The molecule has 1 heterocycles. The molecule has 0 saturated heterocycles. The summed E-state index contributed by atoms with van der Waals surface area (Å²) in [4.78, 5) is 4.25. The average molecular weight is 345 g/mol. The van der Waals surface area contributed by atoms with E-state index in [1.807, 2.05) is 36.4 Å². The van der Waals surface area contributed by atoms with Crippen LogP contribution < -0.4 is 5.32 Å². The maximum absolute atomic E-state index is 5.89. The summed E-state index contributed by atoms with van der Waals surface area (Å²) in [5.41, 5.74) is 2.10. The molecule has 1 aromatic carbocycles. The number of hydrogen-bond acceptors (Lipinski definition) is 2. The fourth-order valence-electron chi connectivity index (χ4n) is 1.32. The molecule has 0 bridgehead atoms. The van der Waals surface area contributed by atoms with Gasteiger partial charge in [-0.2, -0.15) is 0 Å². The Labute approximate surface area is 113 Å². The van der Waals surface area contributed by atoms with E-state index in [4.69, 9.17) is 11.6 Å². The minimum absolute atomic E-state index is 0.721. The second-order valence-corrected chi connectivity index (χ2v) is 4.90. The van der Waals surface area contributed by atoms with E-state index in [1.165, 1.54) is 0 Å². The Hall–Kier alpha value is -0.810. The molecule has 0 unspecified atom stereocenters. The van der Waals surface area contributed by atoms with Crippen LogP contribution in [0.4, 0.5) is 5.69 Å². The van der Waals surface area contributed by atoms with Gasteiger partial charge in [-0.1, -0.05) is 17.7 Å². The van der Waals surface area contributed by atoms with Gasteiger partial charge in [0, 0.05) is 20.5 Å². The van der Waals surface area contributed by atoms with Crippen LogP contribution in [0.1, 0.15) is 5.69 Å². The molecule has 0 amide bonds. The first-order valence-corrected chi connectivity index (χ1v) is 6.30. The number of nitrogens with one attached hydrogen (secondary N) is 1. The third-order valence-corrected chi connectivity index (χ3v) is 3.24. The minimum atomic E-state index is 0.721. The van der Waals surface area contributed by atoms with Gasteiger partial charge in [0.1, 0.15) is 0 Å². The van der Waals surface area contributed by atoms with Crippen molar-refractivity contribution >= 4 is 39.9 Å². The smallest absolute Gasteiger partial charge is 0.0594 e. The zero-order chi connectivity index (χ0) is 11.4. The molecule has 2 nitrogen and oxygen atoms in total. The lowest BCUT2D eigenvalue weighted by molar-refractivity contribution is 1.04.